The summed E-state index contributed by atoms with van der Waals surface area (Å²) in [6.07, 6.45) is 0. The number of carbonyl (C=O) groups is 2. The fourth-order valence-electron chi connectivity index (χ4n) is 2.87. The monoisotopic (exact) mass is 381 g/mol. The van der Waals surface area contributed by atoms with Crippen molar-refractivity contribution in [3.05, 3.63) is 29.3 Å². The predicted molar refractivity (Wildman–Crippen MR) is 105 cm³/mol. The number of aliphatic imine (C=N–C) groups is 1. The van der Waals surface area contributed by atoms with Crippen LogP contribution < -0.4 is 4.90 Å². The smallest absolute Gasteiger partial charge is 0.254 e. The maximum atomic E-state index is 12.8. The van der Waals surface area contributed by atoms with E-state index in [0.717, 1.165) is 0 Å². The van der Waals surface area contributed by atoms with Gasteiger partial charge in [-0.2, -0.15) is 0 Å². The Labute approximate surface area is 158 Å². The first kappa shape index (κ1) is 19.8. The molecule has 7 heteroatoms. The van der Waals surface area contributed by atoms with Gasteiger partial charge in [-0.05, 0) is 46.8 Å². The summed E-state index contributed by atoms with van der Waals surface area (Å²) in [5.74, 6) is -0.101. The van der Waals surface area contributed by atoms with Gasteiger partial charge in [0.1, 0.15) is 6.54 Å². The van der Waals surface area contributed by atoms with Gasteiger partial charge in [-0.3, -0.25) is 19.5 Å². The third-order valence-corrected chi connectivity index (χ3v) is 5.28. The highest BCUT2D eigenvalue weighted by Gasteiger charge is 2.33. The van der Waals surface area contributed by atoms with Crippen molar-refractivity contribution in [3.63, 3.8) is 0 Å². The van der Waals surface area contributed by atoms with E-state index in [1.807, 2.05) is 51.7 Å². The average molecular weight is 382 g/mol. The van der Waals surface area contributed by atoms with Gasteiger partial charge in [-0.25, -0.2) is 0 Å². The molecule has 0 spiro atoms. The minimum Gasteiger partial charge on any atom is -0.337 e. The van der Waals surface area contributed by atoms with Crippen LogP contribution >= 0.6 is 23.4 Å². The van der Waals surface area contributed by atoms with Crippen LogP contribution in [0.2, 0.25) is 5.02 Å². The number of para-hydroxylation sites is 1. The summed E-state index contributed by atoms with van der Waals surface area (Å²) in [5, 5.41) is 0.655. The van der Waals surface area contributed by atoms with Crippen molar-refractivity contribution in [2.24, 2.45) is 4.99 Å². The molecule has 1 aliphatic rings. The Morgan fingerprint density at radius 2 is 1.80 bits per heavy atom. The van der Waals surface area contributed by atoms with E-state index in [9.17, 15) is 9.59 Å². The van der Waals surface area contributed by atoms with Gasteiger partial charge < -0.3 is 4.90 Å². The van der Waals surface area contributed by atoms with Crippen LogP contribution in [0.1, 0.15) is 34.6 Å². The van der Waals surface area contributed by atoms with Crippen LogP contribution in [0.25, 0.3) is 0 Å². The van der Waals surface area contributed by atoms with Crippen LogP contribution in [-0.2, 0) is 9.59 Å². The molecule has 0 aromatic heterocycles. The van der Waals surface area contributed by atoms with Crippen LogP contribution in [0.15, 0.2) is 29.3 Å². The molecule has 1 heterocycles. The zero-order chi connectivity index (χ0) is 18.7. The maximum absolute atomic E-state index is 12.8. The minimum absolute atomic E-state index is 0.0381. The number of halogens is 1. The van der Waals surface area contributed by atoms with Crippen molar-refractivity contribution in [2.45, 2.75) is 52.0 Å². The van der Waals surface area contributed by atoms with E-state index in [4.69, 9.17) is 11.6 Å². The van der Waals surface area contributed by atoms with Gasteiger partial charge in [0.15, 0.2) is 5.17 Å². The van der Waals surface area contributed by atoms with Gasteiger partial charge >= 0.3 is 0 Å². The Kier molecular flexibility index (Phi) is 6.52. The highest BCUT2D eigenvalue weighted by molar-refractivity contribution is 8.15. The SMILES string of the molecule is CC(C)N(C(=O)[C@@H](C)SC1=NCC(=O)N1c1ccccc1Cl)C(C)C. The molecule has 1 aromatic carbocycles. The first-order valence-electron chi connectivity index (χ1n) is 8.34. The van der Waals surface area contributed by atoms with Crippen molar-refractivity contribution in [2.75, 3.05) is 11.4 Å². The summed E-state index contributed by atoms with van der Waals surface area (Å²) < 4.78 is 0. The molecule has 0 saturated heterocycles. The van der Waals surface area contributed by atoms with Gasteiger partial charge in [0, 0.05) is 12.1 Å². The van der Waals surface area contributed by atoms with E-state index < -0.39 is 0 Å². The normalized spacial score (nSPS) is 15.8. The second kappa shape index (κ2) is 8.23. The molecule has 1 atom stereocenters. The topological polar surface area (TPSA) is 53.0 Å². The lowest BCUT2D eigenvalue weighted by Crippen LogP contribution is -2.46. The number of nitrogens with zero attached hydrogens (tertiary/aromatic N) is 3. The molecule has 2 rings (SSSR count). The molecule has 0 unspecified atom stereocenters. The number of hydrogen-bond acceptors (Lipinski definition) is 4. The number of rotatable bonds is 5. The lowest BCUT2D eigenvalue weighted by Gasteiger charge is -2.33. The first-order valence-corrected chi connectivity index (χ1v) is 9.60. The van der Waals surface area contributed by atoms with E-state index in [-0.39, 0.29) is 35.7 Å². The molecule has 0 bridgehead atoms. The third-order valence-electron chi connectivity index (χ3n) is 3.88. The van der Waals surface area contributed by atoms with E-state index in [1.165, 1.54) is 16.7 Å². The fourth-order valence-corrected chi connectivity index (χ4v) is 4.07. The molecule has 1 aromatic rings. The fraction of sp³-hybridized carbons (Fsp3) is 0.500. The first-order chi connectivity index (χ1) is 11.7. The van der Waals surface area contributed by atoms with Gasteiger partial charge in [0.2, 0.25) is 5.91 Å². The summed E-state index contributed by atoms with van der Waals surface area (Å²) in [7, 11) is 0. The molecule has 0 fully saturated rings. The molecule has 0 aliphatic carbocycles. The number of amides is 2. The Hall–Kier alpha value is -1.53. The summed E-state index contributed by atoms with van der Waals surface area (Å²) in [5.41, 5.74) is 0.599. The van der Waals surface area contributed by atoms with Crippen molar-refractivity contribution >= 4 is 46.0 Å². The van der Waals surface area contributed by atoms with Gasteiger partial charge in [0.05, 0.1) is 16.0 Å². The maximum Gasteiger partial charge on any atom is 0.254 e. The van der Waals surface area contributed by atoms with Gasteiger partial charge in [0.25, 0.3) is 5.91 Å². The van der Waals surface area contributed by atoms with E-state index in [2.05, 4.69) is 4.99 Å². The summed E-state index contributed by atoms with van der Waals surface area (Å²) in [6, 6.07) is 7.38. The van der Waals surface area contributed by atoms with Crippen LogP contribution in [0.3, 0.4) is 0 Å². The van der Waals surface area contributed by atoms with Gasteiger partial charge in [-0.1, -0.05) is 35.5 Å². The van der Waals surface area contributed by atoms with E-state index in [1.54, 1.807) is 12.1 Å². The zero-order valence-corrected chi connectivity index (χ0v) is 16.8. The van der Waals surface area contributed by atoms with Crippen molar-refractivity contribution < 1.29 is 9.59 Å². The number of hydrogen-bond donors (Lipinski definition) is 0. The number of thioether (sulfide) groups is 1. The molecule has 5 nitrogen and oxygen atoms in total. The highest BCUT2D eigenvalue weighted by atomic mass is 35.5. The summed E-state index contributed by atoms with van der Waals surface area (Å²) >= 11 is 7.53. The minimum atomic E-state index is -0.348. The Morgan fingerprint density at radius 1 is 1.20 bits per heavy atom. The second-order valence-electron chi connectivity index (χ2n) is 6.47. The standard InChI is InChI=1S/C18H24ClN3O2S/c1-11(2)21(12(3)4)17(24)13(5)25-18-20-10-16(23)22(18)15-9-7-6-8-14(15)19/h6-9,11-13H,10H2,1-5H3/t13-/m1/s1. The van der Waals surface area contributed by atoms with Crippen molar-refractivity contribution in [1.29, 1.82) is 0 Å². The Morgan fingerprint density at radius 3 is 2.36 bits per heavy atom. The molecule has 0 N–H and O–H groups in total. The summed E-state index contributed by atoms with van der Waals surface area (Å²) in [4.78, 5) is 32.8. The molecule has 136 valence electrons. The highest BCUT2D eigenvalue weighted by Crippen LogP contribution is 2.32. The number of benzene rings is 1. The number of amidine groups is 1. The molecular formula is C18H24ClN3O2S. The zero-order valence-electron chi connectivity index (χ0n) is 15.2. The van der Waals surface area contributed by atoms with Crippen LogP contribution in [0.5, 0.6) is 0 Å². The number of anilines is 1. The van der Waals surface area contributed by atoms with E-state index >= 15 is 0 Å². The molecule has 0 saturated carbocycles. The molecule has 1 aliphatic heterocycles. The quantitative estimate of drug-likeness (QED) is 0.779. The summed E-state index contributed by atoms with van der Waals surface area (Å²) in [6.45, 7) is 9.93. The Balaban J connectivity index is 2.19. The molecular weight excluding hydrogens is 358 g/mol. The molecule has 0 radical (unpaired) electrons. The van der Waals surface area contributed by atoms with Crippen LogP contribution in [0, 0.1) is 0 Å². The van der Waals surface area contributed by atoms with Crippen LogP contribution in [0.4, 0.5) is 5.69 Å². The number of carbonyl (C=O) groups excluding carboxylic acids is 2. The van der Waals surface area contributed by atoms with Crippen LogP contribution in [-0.4, -0.2) is 45.8 Å². The third kappa shape index (κ3) is 4.36. The largest absolute Gasteiger partial charge is 0.337 e. The second-order valence-corrected chi connectivity index (χ2v) is 8.19. The van der Waals surface area contributed by atoms with E-state index in [0.29, 0.717) is 15.9 Å². The lowest BCUT2D eigenvalue weighted by molar-refractivity contribution is -0.133. The molecule has 25 heavy (non-hydrogen) atoms. The lowest BCUT2D eigenvalue weighted by atomic mass is 10.2. The predicted octanol–water partition coefficient (Wildman–Crippen LogP) is 3.81. The van der Waals surface area contributed by atoms with Gasteiger partial charge in [-0.15, -0.1) is 0 Å². The Bertz CT molecular complexity index is 683. The van der Waals surface area contributed by atoms with Crippen molar-refractivity contribution in [3.8, 4) is 0 Å². The average Bonchev–Trinajstić information content (AvgIpc) is 2.87. The van der Waals surface area contributed by atoms with Crippen molar-refractivity contribution in [1.82, 2.24) is 4.90 Å². The molecule has 2 amide bonds.